The number of anilines is 2. The molecule has 6 rings (SSSR count). The molecule has 2 heterocycles. The topological polar surface area (TPSA) is 76.7 Å². The summed E-state index contributed by atoms with van der Waals surface area (Å²) >= 11 is 9.42. The Morgan fingerprint density at radius 1 is 0.722 bits per heavy atom. The van der Waals surface area contributed by atoms with E-state index in [1.807, 2.05) is 74.3 Å². The lowest BCUT2D eigenvalue weighted by atomic mass is 10.0. The molecule has 0 bridgehead atoms. The van der Waals surface area contributed by atoms with Crippen molar-refractivity contribution < 1.29 is 0 Å². The van der Waals surface area contributed by atoms with Gasteiger partial charge in [-0.15, -0.1) is 22.8 Å². The van der Waals surface area contributed by atoms with Crippen LogP contribution in [0, 0.1) is 0 Å². The van der Waals surface area contributed by atoms with Gasteiger partial charge in [-0.05, 0) is 59.7 Å². The quantitative estimate of drug-likeness (QED) is 0.246. The molecule has 178 valence electrons. The molecule has 4 aromatic carbocycles. The minimum Gasteiger partial charge on any atom is -0.366 e. The molecule has 0 radical (unpaired) electrons. The molecule has 6 aromatic rings. The fourth-order valence-electron chi connectivity index (χ4n) is 4.13. The summed E-state index contributed by atoms with van der Waals surface area (Å²) < 4.78 is 5.48. The lowest BCUT2D eigenvalue weighted by Gasteiger charge is -2.20. The molecule has 2 aromatic heterocycles. The van der Waals surface area contributed by atoms with Crippen molar-refractivity contribution in [2.24, 2.45) is 0 Å². The van der Waals surface area contributed by atoms with Gasteiger partial charge >= 0.3 is 0 Å². The van der Waals surface area contributed by atoms with Crippen molar-refractivity contribution in [2.45, 2.75) is 18.2 Å². The second kappa shape index (κ2) is 9.56. The summed E-state index contributed by atoms with van der Waals surface area (Å²) in [5.41, 5.74) is 7.76. The maximum absolute atomic E-state index is 4.74. The molecule has 0 aliphatic carbocycles. The molecule has 36 heavy (non-hydrogen) atoms. The first-order chi connectivity index (χ1) is 17.7. The third-order valence-electron chi connectivity index (χ3n) is 6.01. The van der Waals surface area contributed by atoms with E-state index < -0.39 is 0 Å². The predicted molar refractivity (Wildman–Crippen MR) is 149 cm³/mol. The maximum atomic E-state index is 4.74. The predicted octanol–water partition coefficient (Wildman–Crippen LogP) is 5.51. The van der Waals surface area contributed by atoms with Gasteiger partial charge in [0.05, 0.1) is 16.7 Å². The first kappa shape index (κ1) is 22.4. The van der Waals surface area contributed by atoms with Crippen LogP contribution in [-0.4, -0.2) is 30.0 Å². The monoisotopic (exact) mass is 510 g/mol. The Hall–Kier alpha value is -4.02. The number of fused-ring (bicyclic) bond motifs is 2. The highest BCUT2D eigenvalue weighted by atomic mass is 32.1. The Morgan fingerprint density at radius 2 is 1.33 bits per heavy atom. The molecule has 0 unspecified atom stereocenters. The van der Waals surface area contributed by atoms with Crippen molar-refractivity contribution in [3.63, 3.8) is 0 Å². The number of benzene rings is 4. The summed E-state index contributed by atoms with van der Waals surface area (Å²) in [5, 5.41) is 20.3. The van der Waals surface area contributed by atoms with Gasteiger partial charge in [0.1, 0.15) is 24.4 Å². The van der Waals surface area contributed by atoms with Gasteiger partial charge in [-0.2, -0.15) is 0 Å². The van der Waals surface area contributed by atoms with E-state index in [0.29, 0.717) is 13.3 Å². The van der Waals surface area contributed by atoms with E-state index in [4.69, 9.17) is 12.6 Å². The van der Waals surface area contributed by atoms with Crippen molar-refractivity contribution in [1.82, 2.24) is 30.0 Å². The Kier molecular flexibility index (Phi) is 5.96. The van der Waals surface area contributed by atoms with Gasteiger partial charge < -0.3 is 5.32 Å². The molecule has 0 aliphatic heterocycles. The van der Waals surface area contributed by atoms with E-state index in [0.717, 1.165) is 49.5 Å². The summed E-state index contributed by atoms with van der Waals surface area (Å²) in [5.74, 6) is 0. The van der Waals surface area contributed by atoms with Crippen LogP contribution in [0.5, 0.6) is 0 Å². The normalized spacial score (nSPS) is 11.3. The number of nitrogens with zero attached hydrogens (tertiary/aromatic N) is 7. The van der Waals surface area contributed by atoms with Gasteiger partial charge in [-0.25, -0.2) is 9.36 Å². The molecule has 8 nitrogen and oxygen atoms in total. The molecule has 0 saturated heterocycles. The van der Waals surface area contributed by atoms with Gasteiger partial charge in [0.2, 0.25) is 0 Å². The van der Waals surface area contributed by atoms with Crippen LogP contribution in [0.4, 0.5) is 11.4 Å². The minimum atomic E-state index is 0.442. The number of hydrogen-bond donors (Lipinski definition) is 3. The molecule has 0 aliphatic rings. The zero-order valence-electron chi connectivity index (χ0n) is 19.1. The highest BCUT2D eigenvalue weighted by Gasteiger charge is 2.12. The molecule has 0 fully saturated rings. The molecule has 0 spiro atoms. The Labute approximate surface area is 218 Å². The molecular weight excluding hydrogens is 488 g/mol. The second-order valence-electron chi connectivity index (χ2n) is 8.31. The van der Waals surface area contributed by atoms with Crippen molar-refractivity contribution in [3.8, 4) is 11.1 Å². The van der Waals surface area contributed by atoms with Crippen LogP contribution in [0.15, 0.2) is 95.9 Å². The molecule has 10 heteroatoms. The fourth-order valence-corrected chi connectivity index (χ4v) is 4.83. The largest absolute Gasteiger partial charge is 0.366 e. The molecule has 0 atom stereocenters. The van der Waals surface area contributed by atoms with Crippen LogP contribution in [0.3, 0.4) is 0 Å². The first-order valence-electron chi connectivity index (χ1n) is 11.4. The van der Waals surface area contributed by atoms with E-state index in [1.54, 1.807) is 0 Å². The van der Waals surface area contributed by atoms with Crippen LogP contribution in [-0.2, 0) is 13.3 Å². The fraction of sp³-hybridized carbons (Fsp3) is 0.0769. The van der Waals surface area contributed by atoms with Gasteiger partial charge in [-0.3, -0.25) is 4.31 Å². The Bertz CT molecular complexity index is 1660. The number of nitrogens with one attached hydrogen (secondary N) is 1. The number of rotatable bonds is 7. The smallest absolute Gasteiger partial charge is 0.124 e. The second-order valence-corrected chi connectivity index (χ2v) is 9.28. The zero-order chi connectivity index (χ0) is 24.5. The zero-order valence-corrected chi connectivity index (χ0v) is 20.9. The highest BCUT2D eigenvalue weighted by Crippen LogP contribution is 2.32. The number of para-hydroxylation sites is 2. The van der Waals surface area contributed by atoms with Crippen molar-refractivity contribution in [3.05, 3.63) is 91.0 Å². The van der Waals surface area contributed by atoms with E-state index in [2.05, 4.69) is 69.1 Å². The van der Waals surface area contributed by atoms with Gasteiger partial charge in [-0.1, -0.05) is 65.7 Å². The third kappa shape index (κ3) is 4.36. The lowest BCUT2D eigenvalue weighted by molar-refractivity contribution is 0.632. The molecular formula is C26H22N8S2. The summed E-state index contributed by atoms with van der Waals surface area (Å²) in [7, 11) is 0. The van der Waals surface area contributed by atoms with Crippen LogP contribution in [0.25, 0.3) is 33.2 Å². The number of hydrogen-bond acceptors (Lipinski definition) is 8. The molecule has 1 N–H and O–H groups in total. The Morgan fingerprint density at radius 3 is 2.03 bits per heavy atom. The van der Waals surface area contributed by atoms with Crippen LogP contribution in [0.1, 0.15) is 0 Å². The van der Waals surface area contributed by atoms with E-state index >= 15 is 0 Å². The first-order valence-corrected chi connectivity index (χ1v) is 12.2. The molecule has 0 saturated carbocycles. The summed E-state index contributed by atoms with van der Waals surface area (Å²) in [6, 6.07) is 30.2. The standard InChI is InChI=1S/C26H22N8S2/c35-26-15-19(11-14-25(26)34(36)17-33-24-8-4-2-6-22(24)29-31-33)18-9-12-20(13-10-18)27-16-32-23-7-3-1-5-21(23)28-30-32/h1-15,27,35-36H,16-17H2. The SMILES string of the molecule is Sc1cc(-c2ccc(NCn3nnc4ccccc43)cc2)ccc1N(S)Cn1nnc2ccccc21. The van der Waals surface area contributed by atoms with Crippen molar-refractivity contribution in [1.29, 1.82) is 0 Å². The maximum Gasteiger partial charge on any atom is 0.124 e. The summed E-state index contributed by atoms with van der Waals surface area (Å²) in [6.45, 7) is 0.978. The van der Waals surface area contributed by atoms with Crippen molar-refractivity contribution >= 4 is 58.9 Å². The molecule has 0 amide bonds. The number of aromatic nitrogens is 6. The van der Waals surface area contributed by atoms with E-state index in [1.165, 1.54) is 0 Å². The van der Waals surface area contributed by atoms with Crippen molar-refractivity contribution in [2.75, 3.05) is 9.62 Å². The summed E-state index contributed by atoms with van der Waals surface area (Å²) in [6.07, 6.45) is 0. The highest BCUT2D eigenvalue weighted by molar-refractivity contribution is 7.82. The van der Waals surface area contributed by atoms with Crippen LogP contribution < -0.4 is 9.62 Å². The number of thiol groups is 2. The minimum absolute atomic E-state index is 0.442. The average Bonchev–Trinajstić information content (AvgIpc) is 3.52. The van der Waals surface area contributed by atoms with E-state index in [-0.39, 0.29) is 0 Å². The lowest BCUT2D eigenvalue weighted by Crippen LogP contribution is -2.17. The van der Waals surface area contributed by atoms with Gasteiger partial charge in [0.25, 0.3) is 0 Å². The van der Waals surface area contributed by atoms with E-state index in [9.17, 15) is 0 Å². The summed E-state index contributed by atoms with van der Waals surface area (Å²) in [4.78, 5) is 0.826. The average molecular weight is 511 g/mol. The van der Waals surface area contributed by atoms with Gasteiger partial charge in [0.15, 0.2) is 0 Å². The van der Waals surface area contributed by atoms with Crippen LogP contribution in [0.2, 0.25) is 0 Å². The van der Waals surface area contributed by atoms with Crippen LogP contribution >= 0.6 is 25.4 Å². The Balaban J connectivity index is 1.14. The van der Waals surface area contributed by atoms with Gasteiger partial charge in [0, 0.05) is 10.6 Å². The third-order valence-corrected chi connectivity index (χ3v) is 6.71.